The molecule has 2 aromatic rings. The fraction of sp³-hybridized carbons (Fsp3) is 0.200. The van der Waals surface area contributed by atoms with Crippen LogP contribution in [0.15, 0.2) is 58.7 Å². The van der Waals surface area contributed by atoms with Gasteiger partial charge >= 0.3 is 6.18 Å². The number of Topliss-reactive ketones (excluding diaryl/α,β-unsaturated/α-hetero) is 1. The number of allylic oxidation sites excluding steroid dienone is 4. The average molecular weight is 371 g/mol. The topological polar surface area (TPSA) is 66.2 Å². The summed E-state index contributed by atoms with van der Waals surface area (Å²) in [7, 11) is 0. The number of carbonyl (C=O) groups excluding carboxylic acids is 1. The first-order chi connectivity index (χ1) is 12.8. The maximum atomic E-state index is 12.8. The maximum absolute atomic E-state index is 12.8. The Morgan fingerprint density at radius 3 is 2.67 bits per heavy atom. The number of benzene rings is 1. The minimum atomic E-state index is -4.49. The molecule has 0 fully saturated rings. The normalized spacial score (nSPS) is 14.5. The summed E-state index contributed by atoms with van der Waals surface area (Å²) in [6.07, 6.45) is -0.222. The summed E-state index contributed by atoms with van der Waals surface area (Å²) in [6.45, 7) is 1.40. The summed E-state index contributed by atoms with van der Waals surface area (Å²) >= 11 is 0. The summed E-state index contributed by atoms with van der Waals surface area (Å²) in [4.78, 5) is 20.0. The number of carbonyl (C=O) groups is 1. The molecular weight excluding hydrogens is 355 g/mol. The fourth-order valence-corrected chi connectivity index (χ4v) is 2.81. The second kappa shape index (κ2) is 7.26. The van der Waals surface area contributed by atoms with E-state index in [0.29, 0.717) is 11.9 Å². The number of fused-ring (bicyclic) bond motifs is 1. The number of nitrogens with one attached hydrogen (secondary N) is 1. The van der Waals surface area contributed by atoms with Crippen molar-refractivity contribution in [1.29, 1.82) is 5.41 Å². The van der Waals surface area contributed by atoms with Crippen LogP contribution < -0.4 is 0 Å². The van der Waals surface area contributed by atoms with Crippen LogP contribution in [0.25, 0.3) is 10.9 Å². The van der Waals surface area contributed by atoms with Crippen molar-refractivity contribution in [2.45, 2.75) is 25.9 Å². The zero-order valence-corrected chi connectivity index (χ0v) is 14.5. The largest absolute Gasteiger partial charge is 0.433 e. The van der Waals surface area contributed by atoms with E-state index in [9.17, 15) is 18.0 Å². The van der Waals surface area contributed by atoms with Crippen molar-refractivity contribution in [3.05, 3.63) is 65.0 Å². The molecule has 1 aromatic carbocycles. The van der Waals surface area contributed by atoms with Crippen molar-refractivity contribution >= 4 is 28.6 Å². The van der Waals surface area contributed by atoms with Gasteiger partial charge in [-0.15, -0.1) is 0 Å². The molecule has 7 heteroatoms. The highest BCUT2D eigenvalue weighted by Crippen LogP contribution is 2.29. The smallest absolute Gasteiger partial charge is 0.301 e. The Hall–Kier alpha value is -3.09. The Morgan fingerprint density at radius 2 is 1.96 bits per heavy atom. The Balaban J connectivity index is 2.03. The summed E-state index contributed by atoms with van der Waals surface area (Å²) in [5.41, 5.74) is 1.21. The van der Waals surface area contributed by atoms with E-state index in [1.54, 1.807) is 18.2 Å². The van der Waals surface area contributed by atoms with E-state index in [0.717, 1.165) is 22.6 Å². The van der Waals surface area contributed by atoms with Gasteiger partial charge in [0.25, 0.3) is 0 Å². The Labute approximate surface area is 153 Å². The quantitative estimate of drug-likeness (QED) is 0.617. The van der Waals surface area contributed by atoms with E-state index in [1.165, 1.54) is 19.2 Å². The molecule has 0 aliphatic carbocycles. The van der Waals surface area contributed by atoms with Crippen molar-refractivity contribution in [3.63, 3.8) is 0 Å². The molecule has 1 N–H and O–H groups in total. The minimum absolute atomic E-state index is 0.123. The number of alkyl halides is 3. The van der Waals surface area contributed by atoms with Gasteiger partial charge in [-0.25, -0.2) is 4.98 Å². The number of halogens is 3. The van der Waals surface area contributed by atoms with Gasteiger partial charge in [0, 0.05) is 18.0 Å². The number of nitrogens with zero attached hydrogens (tertiary/aromatic N) is 2. The molecule has 0 amide bonds. The standard InChI is InChI=1S/C20H16F3N3O/c1-12(24)19(27)17-11-14(15-4-2-3-5-16(15)26-17)10-13-6-7-18(20(21,22)23)25-9-8-13/h2-7,9,11,24H,8,10H2,1H3. The van der Waals surface area contributed by atoms with Crippen LogP contribution in [0.5, 0.6) is 0 Å². The monoisotopic (exact) mass is 371 g/mol. The summed E-state index contributed by atoms with van der Waals surface area (Å²) < 4.78 is 38.5. The highest BCUT2D eigenvalue weighted by atomic mass is 19.4. The van der Waals surface area contributed by atoms with Gasteiger partial charge in [0.1, 0.15) is 11.4 Å². The first-order valence-corrected chi connectivity index (χ1v) is 8.23. The third-order valence-electron chi connectivity index (χ3n) is 4.14. The molecule has 0 spiro atoms. The second-order valence-electron chi connectivity index (χ2n) is 6.21. The first-order valence-electron chi connectivity index (χ1n) is 8.23. The summed E-state index contributed by atoms with van der Waals surface area (Å²) in [5, 5.41) is 8.36. The molecule has 138 valence electrons. The molecule has 0 radical (unpaired) electrons. The van der Waals surface area contributed by atoms with Gasteiger partial charge in [0.05, 0.1) is 11.2 Å². The number of rotatable bonds is 4. The fourth-order valence-electron chi connectivity index (χ4n) is 2.81. The van der Waals surface area contributed by atoms with E-state index in [4.69, 9.17) is 5.41 Å². The molecule has 0 unspecified atom stereocenters. The first kappa shape index (κ1) is 18.7. The van der Waals surface area contributed by atoms with E-state index >= 15 is 0 Å². The lowest BCUT2D eigenvalue weighted by molar-refractivity contribution is -0.0922. The number of aromatic nitrogens is 1. The van der Waals surface area contributed by atoms with Gasteiger partial charge < -0.3 is 5.41 Å². The van der Waals surface area contributed by atoms with Gasteiger partial charge in [0.15, 0.2) is 0 Å². The molecule has 2 heterocycles. The van der Waals surface area contributed by atoms with E-state index in [2.05, 4.69) is 9.98 Å². The van der Waals surface area contributed by atoms with E-state index in [1.807, 2.05) is 12.1 Å². The molecule has 0 saturated heterocycles. The molecule has 27 heavy (non-hydrogen) atoms. The van der Waals surface area contributed by atoms with E-state index in [-0.39, 0.29) is 17.8 Å². The molecular formula is C20H16F3N3O. The summed E-state index contributed by atoms with van der Waals surface area (Å²) in [6, 6.07) is 8.85. The number of ketones is 1. The van der Waals surface area contributed by atoms with Crippen LogP contribution in [-0.2, 0) is 6.42 Å². The van der Waals surface area contributed by atoms with Crippen molar-refractivity contribution in [2.24, 2.45) is 4.99 Å². The van der Waals surface area contributed by atoms with Crippen molar-refractivity contribution in [1.82, 2.24) is 4.98 Å². The zero-order chi connectivity index (χ0) is 19.6. The lowest BCUT2D eigenvalue weighted by atomic mass is 9.97. The average Bonchev–Trinajstić information content (AvgIpc) is 2.86. The van der Waals surface area contributed by atoms with Crippen LogP contribution in [0.4, 0.5) is 13.2 Å². The third-order valence-corrected chi connectivity index (χ3v) is 4.14. The molecule has 0 atom stereocenters. The Morgan fingerprint density at radius 1 is 1.22 bits per heavy atom. The summed E-state index contributed by atoms with van der Waals surface area (Å²) in [5.74, 6) is -0.474. The molecule has 0 bridgehead atoms. The highest BCUT2D eigenvalue weighted by Gasteiger charge is 2.33. The van der Waals surface area contributed by atoms with Gasteiger partial charge in [-0.2, -0.15) is 13.2 Å². The number of hydrogen-bond donors (Lipinski definition) is 1. The van der Waals surface area contributed by atoms with E-state index < -0.39 is 17.7 Å². The number of aliphatic imine (C=N–C) groups is 1. The molecule has 1 aliphatic rings. The zero-order valence-electron chi connectivity index (χ0n) is 14.5. The van der Waals surface area contributed by atoms with Crippen LogP contribution in [0.3, 0.4) is 0 Å². The van der Waals surface area contributed by atoms with Crippen LogP contribution in [-0.4, -0.2) is 28.9 Å². The predicted molar refractivity (Wildman–Crippen MR) is 98.5 cm³/mol. The molecule has 0 saturated carbocycles. The maximum Gasteiger partial charge on any atom is 0.433 e. The van der Waals surface area contributed by atoms with Gasteiger partial charge in [-0.05, 0) is 37.1 Å². The Kier molecular flexibility index (Phi) is 5.03. The van der Waals surface area contributed by atoms with Crippen LogP contribution in [0.1, 0.15) is 29.4 Å². The SMILES string of the molecule is CC(=N)C(=O)c1cc(CC2=CC=C(C(F)(F)F)N=CC2)c2ccccc2n1. The number of para-hydroxylation sites is 1. The molecule has 3 rings (SSSR count). The van der Waals surface area contributed by atoms with Crippen LogP contribution in [0, 0.1) is 5.41 Å². The number of pyridine rings is 1. The predicted octanol–water partition coefficient (Wildman–Crippen LogP) is 4.85. The van der Waals surface area contributed by atoms with Gasteiger partial charge in [-0.1, -0.05) is 29.8 Å². The van der Waals surface area contributed by atoms with Gasteiger partial charge in [0.2, 0.25) is 5.78 Å². The molecule has 4 nitrogen and oxygen atoms in total. The molecule has 1 aliphatic heterocycles. The second-order valence-corrected chi connectivity index (χ2v) is 6.21. The molecule has 1 aromatic heterocycles. The third kappa shape index (κ3) is 4.19. The Bertz CT molecular complexity index is 1020. The highest BCUT2D eigenvalue weighted by molar-refractivity contribution is 6.43. The van der Waals surface area contributed by atoms with Gasteiger partial charge in [-0.3, -0.25) is 9.79 Å². The van der Waals surface area contributed by atoms with Crippen LogP contribution >= 0.6 is 0 Å². The van der Waals surface area contributed by atoms with Crippen molar-refractivity contribution in [2.75, 3.05) is 0 Å². The minimum Gasteiger partial charge on any atom is -0.301 e. The van der Waals surface area contributed by atoms with Crippen molar-refractivity contribution in [3.8, 4) is 0 Å². The lowest BCUT2D eigenvalue weighted by Gasteiger charge is -2.10. The van der Waals surface area contributed by atoms with Crippen LogP contribution in [0.2, 0.25) is 0 Å². The lowest BCUT2D eigenvalue weighted by Crippen LogP contribution is -2.12. The van der Waals surface area contributed by atoms with Crippen molar-refractivity contribution < 1.29 is 18.0 Å². The number of hydrogen-bond acceptors (Lipinski definition) is 4.